The van der Waals surface area contributed by atoms with E-state index in [0.717, 1.165) is 11.3 Å². The topological polar surface area (TPSA) is 109 Å². The molecule has 0 aliphatic rings. The average Bonchev–Trinajstić information content (AvgIpc) is 2.69. The number of methoxy groups -OCH3 is 1. The number of benzene rings is 2. The van der Waals surface area contributed by atoms with Crippen LogP contribution < -0.4 is 14.8 Å². The second-order valence-corrected chi connectivity index (χ2v) is 5.45. The van der Waals surface area contributed by atoms with Crippen LogP contribution in [0.3, 0.4) is 0 Å². The van der Waals surface area contributed by atoms with Gasteiger partial charge < -0.3 is 19.9 Å². The summed E-state index contributed by atoms with van der Waals surface area (Å²) >= 11 is 0. The summed E-state index contributed by atoms with van der Waals surface area (Å²) in [6, 6.07) is 15.5. The molecule has 0 radical (unpaired) electrons. The zero-order valence-electron chi connectivity index (χ0n) is 14.6. The molecule has 7 heteroatoms. The van der Waals surface area contributed by atoms with E-state index in [1.165, 1.54) is 6.08 Å². The Morgan fingerprint density at radius 3 is 2.30 bits per heavy atom. The second kappa shape index (κ2) is 9.63. The van der Waals surface area contributed by atoms with Gasteiger partial charge in [0.2, 0.25) is 0 Å². The first-order valence-electron chi connectivity index (χ1n) is 7.99. The van der Waals surface area contributed by atoms with E-state index < -0.39 is 18.5 Å². The molecule has 2 rings (SSSR count). The van der Waals surface area contributed by atoms with Crippen LogP contribution in [0.15, 0.2) is 54.1 Å². The molecule has 1 amide bonds. The summed E-state index contributed by atoms with van der Waals surface area (Å²) < 4.78 is 10.1. The number of nitriles is 1. The number of rotatable bonds is 8. The number of carbonyl (C=O) groups is 2. The van der Waals surface area contributed by atoms with E-state index in [1.54, 1.807) is 43.5 Å². The fraction of sp³-hybridized carbons (Fsp3) is 0.150. The molecule has 0 aliphatic carbocycles. The van der Waals surface area contributed by atoms with Gasteiger partial charge in [0.05, 0.1) is 7.11 Å². The molecule has 2 N–H and O–H groups in total. The molecule has 138 valence electrons. The predicted molar refractivity (Wildman–Crippen MR) is 98.0 cm³/mol. The third-order valence-corrected chi connectivity index (χ3v) is 3.53. The summed E-state index contributed by atoms with van der Waals surface area (Å²) in [6.07, 6.45) is 1.45. The van der Waals surface area contributed by atoms with Gasteiger partial charge in [0.15, 0.2) is 6.61 Å². The van der Waals surface area contributed by atoms with Crippen molar-refractivity contribution in [3.63, 3.8) is 0 Å². The molecule has 0 aromatic heterocycles. The predicted octanol–water partition coefficient (Wildman–Crippen LogP) is 2.38. The van der Waals surface area contributed by atoms with E-state index in [4.69, 9.17) is 14.6 Å². The number of aliphatic carboxylic acids is 1. The molecular formula is C20H18N2O5. The van der Waals surface area contributed by atoms with Gasteiger partial charge >= 0.3 is 5.97 Å². The molecule has 0 unspecified atom stereocenters. The standard InChI is InChI=1S/C20H18N2O5/c1-26-17-6-4-15(5-7-17)12-22-20(25)16(11-21)10-14-2-8-18(9-3-14)27-13-19(23)24/h2-10H,12-13H2,1H3,(H,22,25)(H,23,24)/b16-10-. The van der Waals surface area contributed by atoms with E-state index >= 15 is 0 Å². The quantitative estimate of drug-likeness (QED) is 0.548. The van der Waals surface area contributed by atoms with E-state index in [1.807, 2.05) is 18.2 Å². The van der Waals surface area contributed by atoms with Crippen molar-refractivity contribution < 1.29 is 24.2 Å². The number of carbonyl (C=O) groups excluding carboxylic acids is 1. The zero-order chi connectivity index (χ0) is 19.6. The van der Waals surface area contributed by atoms with Crippen molar-refractivity contribution in [2.75, 3.05) is 13.7 Å². The number of nitrogens with one attached hydrogen (secondary N) is 1. The first-order chi connectivity index (χ1) is 13.0. The monoisotopic (exact) mass is 366 g/mol. The van der Waals surface area contributed by atoms with Gasteiger partial charge in [0.1, 0.15) is 23.1 Å². The first-order valence-corrected chi connectivity index (χ1v) is 7.99. The van der Waals surface area contributed by atoms with E-state index in [-0.39, 0.29) is 12.1 Å². The maximum atomic E-state index is 12.2. The number of hydrogen-bond donors (Lipinski definition) is 2. The maximum absolute atomic E-state index is 12.2. The van der Waals surface area contributed by atoms with Crippen molar-refractivity contribution in [1.29, 1.82) is 5.26 Å². The molecule has 0 fully saturated rings. The summed E-state index contributed by atoms with van der Waals surface area (Å²) in [7, 11) is 1.57. The van der Waals surface area contributed by atoms with Crippen LogP contribution >= 0.6 is 0 Å². The van der Waals surface area contributed by atoms with Crippen molar-refractivity contribution >= 4 is 18.0 Å². The second-order valence-electron chi connectivity index (χ2n) is 5.45. The highest BCUT2D eigenvalue weighted by molar-refractivity contribution is 6.01. The van der Waals surface area contributed by atoms with Crippen LogP contribution in [0.1, 0.15) is 11.1 Å². The van der Waals surface area contributed by atoms with Crippen molar-refractivity contribution in [3.05, 3.63) is 65.2 Å². The Morgan fingerprint density at radius 1 is 1.11 bits per heavy atom. The van der Waals surface area contributed by atoms with E-state index in [0.29, 0.717) is 11.3 Å². The molecule has 27 heavy (non-hydrogen) atoms. The molecule has 7 nitrogen and oxygen atoms in total. The third-order valence-electron chi connectivity index (χ3n) is 3.53. The molecular weight excluding hydrogens is 348 g/mol. The minimum Gasteiger partial charge on any atom is -0.497 e. The average molecular weight is 366 g/mol. The van der Waals surface area contributed by atoms with E-state index in [2.05, 4.69) is 5.32 Å². The van der Waals surface area contributed by atoms with Gasteiger partial charge in [0.25, 0.3) is 5.91 Å². The lowest BCUT2D eigenvalue weighted by Crippen LogP contribution is -2.23. The smallest absolute Gasteiger partial charge is 0.341 e. The van der Waals surface area contributed by atoms with Crippen LogP contribution in [0.5, 0.6) is 11.5 Å². The normalized spacial score (nSPS) is 10.6. The number of carboxylic acid groups (broad SMARTS) is 1. The number of ether oxygens (including phenoxy) is 2. The Kier molecular flexibility index (Phi) is 6.97. The van der Waals surface area contributed by atoms with Gasteiger partial charge in [-0.05, 0) is 41.5 Å². The lowest BCUT2D eigenvalue weighted by Gasteiger charge is -2.06. The van der Waals surface area contributed by atoms with Gasteiger partial charge in [-0.15, -0.1) is 0 Å². The minimum atomic E-state index is -1.07. The summed E-state index contributed by atoms with van der Waals surface area (Å²) in [6.45, 7) is -0.157. The first kappa shape index (κ1) is 19.5. The SMILES string of the molecule is COc1ccc(CNC(=O)/C(C#N)=C\c2ccc(OCC(=O)O)cc2)cc1. The van der Waals surface area contributed by atoms with Gasteiger partial charge in [-0.3, -0.25) is 4.79 Å². The van der Waals surface area contributed by atoms with Crippen LogP contribution in [-0.2, 0) is 16.1 Å². The number of amides is 1. The van der Waals surface area contributed by atoms with Crippen molar-refractivity contribution in [2.45, 2.75) is 6.54 Å². The van der Waals surface area contributed by atoms with Gasteiger partial charge in [-0.2, -0.15) is 5.26 Å². The Balaban J connectivity index is 1.98. The summed E-state index contributed by atoms with van der Waals surface area (Å²) in [4.78, 5) is 22.7. The molecule has 0 bridgehead atoms. The largest absolute Gasteiger partial charge is 0.497 e. The Morgan fingerprint density at radius 2 is 1.74 bits per heavy atom. The van der Waals surface area contributed by atoms with Gasteiger partial charge in [-0.25, -0.2) is 4.79 Å². The number of carboxylic acids is 1. The zero-order valence-corrected chi connectivity index (χ0v) is 14.6. The molecule has 0 saturated carbocycles. The number of hydrogen-bond acceptors (Lipinski definition) is 5. The lowest BCUT2D eigenvalue weighted by molar-refractivity contribution is -0.139. The highest BCUT2D eigenvalue weighted by atomic mass is 16.5. The van der Waals surface area contributed by atoms with Crippen molar-refractivity contribution in [2.24, 2.45) is 0 Å². The van der Waals surface area contributed by atoms with Crippen LogP contribution in [-0.4, -0.2) is 30.7 Å². The molecule has 0 heterocycles. The van der Waals surface area contributed by atoms with Gasteiger partial charge in [-0.1, -0.05) is 24.3 Å². The fourth-order valence-corrected chi connectivity index (χ4v) is 2.14. The molecule has 0 saturated heterocycles. The van der Waals surface area contributed by atoms with Crippen molar-refractivity contribution in [1.82, 2.24) is 5.32 Å². The minimum absolute atomic E-state index is 0.0392. The summed E-state index contributed by atoms with van der Waals surface area (Å²) in [5, 5.41) is 20.5. The van der Waals surface area contributed by atoms with E-state index in [9.17, 15) is 14.9 Å². The Bertz CT molecular complexity index is 865. The van der Waals surface area contributed by atoms with Crippen LogP contribution in [0.4, 0.5) is 0 Å². The molecule has 0 atom stereocenters. The molecule has 0 spiro atoms. The Hall–Kier alpha value is -3.79. The molecule has 2 aromatic rings. The van der Waals surface area contributed by atoms with Crippen LogP contribution in [0.25, 0.3) is 6.08 Å². The lowest BCUT2D eigenvalue weighted by atomic mass is 10.1. The third kappa shape index (κ3) is 6.21. The highest BCUT2D eigenvalue weighted by Gasteiger charge is 2.09. The molecule has 2 aromatic carbocycles. The Labute approximate surface area is 156 Å². The summed E-state index contributed by atoms with van der Waals surface area (Å²) in [5.41, 5.74) is 1.46. The molecule has 0 aliphatic heterocycles. The highest BCUT2D eigenvalue weighted by Crippen LogP contribution is 2.15. The van der Waals surface area contributed by atoms with Crippen LogP contribution in [0.2, 0.25) is 0 Å². The van der Waals surface area contributed by atoms with Gasteiger partial charge in [0, 0.05) is 6.54 Å². The van der Waals surface area contributed by atoms with Crippen molar-refractivity contribution in [3.8, 4) is 17.6 Å². The number of nitrogens with zero attached hydrogens (tertiary/aromatic N) is 1. The fourth-order valence-electron chi connectivity index (χ4n) is 2.14. The van der Waals surface area contributed by atoms with Crippen LogP contribution in [0, 0.1) is 11.3 Å². The maximum Gasteiger partial charge on any atom is 0.341 e. The summed E-state index contributed by atoms with van der Waals surface area (Å²) in [5.74, 6) is -0.450.